The number of halogens is 1. The average molecular weight is 428 g/mol. The van der Waals surface area contributed by atoms with Gasteiger partial charge in [0.15, 0.2) is 22.3 Å². The summed E-state index contributed by atoms with van der Waals surface area (Å²) in [6, 6.07) is 13.8. The molecular weight excluding hydrogens is 410 g/mol. The Kier molecular flexibility index (Phi) is 5.87. The number of aromatic nitrogens is 2. The van der Waals surface area contributed by atoms with Gasteiger partial charge >= 0.3 is 0 Å². The van der Waals surface area contributed by atoms with Crippen molar-refractivity contribution < 1.29 is 14.3 Å². The van der Waals surface area contributed by atoms with E-state index in [-0.39, 0.29) is 23.4 Å². The monoisotopic (exact) mass is 427 g/mol. The molecule has 4 rings (SSSR count). The van der Waals surface area contributed by atoms with Crippen LogP contribution in [0.5, 0.6) is 11.5 Å². The molecule has 1 aliphatic rings. The van der Waals surface area contributed by atoms with Crippen LogP contribution in [-0.2, 0) is 12.3 Å². The average Bonchev–Trinajstić information content (AvgIpc) is 3.20. The summed E-state index contributed by atoms with van der Waals surface area (Å²) < 4.78 is 10.6. The molecule has 0 atom stereocenters. The normalized spacial score (nSPS) is 12.1. The summed E-state index contributed by atoms with van der Waals surface area (Å²) in [4.78, 5) is 21.1. The van der Waals surface area contributed by atoms with E-state index in [1.807, 2.05) is 25.1 Å². The van der Waals surface area contributed by atoms with Crippen LogP contribution < -0.4 is 14.8 Å². The smallest absolute Gasteiger partial charge is 0.271 e. The standard InChI is InChI=1S/C21H18ClN3O3S/c1-13-2-4-14(5-3-13)11-29-21-24-10-16(22)19(25-21)20(26)23-9-15-6-7-17-18(8-15)28-12-27-17/h2-8,10H,9,11-12H2,1H3,(H,23,26). The van der Waals surface area contributed by atoms with Crippen molar-refractivity contribution in [2.24, 2.45) is 0 Å². The van der Waals surface area contributed by atoms with Crippen molar-refractivity contribution >= 4 is 29.3 Å². The van der Waals surface area contributed by atoms with Gasteiger partial charge in [0.25, 0.3) is 5.91 Å². The van der Waals surface area contributed by atoms with Gasteiger partial charge < -0.3 is 14.8 Å². The largest absolute Gasteiger partial charge is 0.454 e. The van der Waals surface area contributed by atoms with E-state index in [0.717, 1.165) is 11.1 Å². The quantitative estimate of drug-likeness (QED) is 0.464. The molecule has 0 saturated heterocycles. The molecule has 0 spiro atoms. The van der Waals surface area contributed by atoms with Crippen molar-refractivity contribution in [3.8, 4) is 11.5 Å². The number of rotatable bonds is 6. The lowest BCUT2D eigenvalue weighted by atomic mass is 10.2. The number of carbonyl (C=O) groups excluding carboxylic acids is 1. The maximum atomic E-state index is 12.6. The number of benzene rings is 2. The molecule has 6 nitrogen and oxygen atoms in total. The van der Waals surface area contributed by atoms with Gasteiger partial charge in [-0.15, -0.1) is 0 Å². The van der Waals surface area contributed by atoms with Crippen molar-refractivity contribution in [1.29, 1.82) is 0 Å². The van der Waals surface area contributed by atoms with E-state index in [1.165, 1.54) is 23.5 Å². The van der Waals surface area contributed by atoms with Crippen LogP contribution in [0.15, 0.2) is 53.8 Å². The van der Waals surface area contributed by atoms with Crippen LogP contribution in [-0.4, -0.2) is 22.7 Å². The molecule has 0 saturated carbocycles. The Hall–Kier alpha value is -2.77. The lowest BCUT2D eigenvalue weighted by Gasteiger charge is -2.08. The van der Waals surface area contributed by atoms with Gasteiger partial charge in [-0.3, -0.25) is 4.79 Å². The molecule has 29 heavy (non-hydrogen) atoms. The highest BCUT2D eigenvalue weighted by atomic mass is 35.5. The highest BCUT2D eigenvalue weighted by Gasteiger charge is 2.16. The van der Waals surface area contributed by atoms with E-state index in [4.69, 9.17) is 21.1 Å². The number of fused-ring (bicyclic) bond motifs is 1. The molecule has 0 unspecified atom stereocenters. The van der Waals surface area contributed by atoms with Crippen LogP contribution in [0.2, 0.25) is 5.02 Å². The van der Waals surface area contributed by atoms with Gasteiger partial charge in [0.05, 0.1) is 11.2 Å². The molecule has 8 heteroatoms. The van der Waals surface area contributed by atoms with Crippen molar-refractivity contribution in [3.63, 3.8) is 0 Å². The number of ether oxygens (including phenoxy) is 2. The first kappa shape index (κ1) is 19.5. The molecule has 148 valence electrons. The minimum absolute atomic E-state index is 0.161. The summed E-state index contributed by atoms with van der Waals surface area (Å²) in [6.45, 7) is 2.58. The van der Waals surface area contributed by atoms with Crippen molar-refractivity contribution in [3.05, 3.63) is 76.1 Å². The van der Waals surface area contributed by atoms with Crippen LogP contribution in [0.1, 0.15) is 27.2 Å². The second-order valence-corrected chi connectivity index (χ2v) is 7.84. The molecule has 1 aromatic heterocycles. The van der Waals surface area contributed by atoms with Gasteiger partial charge in [-0.25, -0.2) is 9.97 Å². The topological polar surface area (TPSA) is 73.3 Å². The molecular formula is C21H18ClN3O3S. The summed E-state index contributed by atoms with van der Waals surface area (Å²) in [5.41, 5.74) is 3.42. The van der Waals surface area contributed by atoms with Gasteiger partial charge in [-0.1, -0.05) is 59.3 Å². The number of carbonyl (C=O) groups is 1. The Labute approximate surface area is 177 Å². The molecule has 0 radical (unpaired) electrons. The second-order valence-electron chi connectivity index (χ2n) is 6.49. The van der Waals surface area contributed by atoms with Gasteiger partial charge in [0.1, 0.15) is 0 Å². The summed E-state index contributed by atoms with van der Waals surface area (Å²) in [5.74, 6) is 1.73. The fourth-order valence-electron chi connectivity index (χ4n) is 2.73. The number of thioether (sulfide) groups is 1. The Morgan fingerprint density at radius 2 is 1.90 bits per heavy atom. The van der Waals surface area contributed by atoms with Crippen LogP contribution in [0.4, 0.5) is 0 Å². The van der Waals surface area contributed by atoms with Gasteiger partial charge in [-0.05, 0) is 30.2 Å². The maximum absolute atomic E-state index is 12.6. The predicted octanol–water partition coefficient (Wildman–Crippen LogP) is 4.39. The molecule has 2 heterocycles. The van der Waals surface area contributed by atoms with Crippen molar-refractivity contribution in [2.45, 2.75) is 24.4 Å². The van der Waals surface area contributed by atoms with E-state index >= 15 is 0 Å². The third-order valence-electron chi connectivity index (χ3n) is 4.32. The summed E-state index contributed by atoms with van der Waals surface area (Å²) in [7, 11) is 0. The molecule has 2 aromatic carbocycles. The maximum Gasteiger partial charge on any atom is 0.271 e. The first-order valence-electron chi connectivity index (χ1n) is 8.96. The Bertz CT molecular complexity index is 1040. The number of hydrogen-bond acceptors (Lipinski definition) is 6. The van der Waals surface area contributed by atoms with Crippen molar-refractivity contribution in [1.82, 2.24) is 15.3 Å². The Morgan fingerprint density at radius 3 is 2.72 bits per heavy atom. The van der Waals surface area contributed by atoms with Crippen LogP contribution in [0.3, 0.4) is 0 Å². The van der Waals surface area contributed by atoms with Crippen LogP contribution >= 0.6 is 23.4 Å². The number of aryl methyl sites for hydroxylation is 1. The molecule has 1 amide bonds. The lowest BCUT2D eigenvalue weighted by molar-refractivity contribution is 0.0945. The minimum atomic E-state index is -0.354. The molecule has 3 aromatic rings. The fraction of sp³-hybridized carbons (Fsp3) is 0.190. The zero-order chi connectivity index (χ0) is 20.2. The highest BCUT2D eigenvalue weighted by molar-refractivity contribution is 7.98. The molecule has 1 aliphatic heterocycles. The van der Waals surface area contributed by atoms with E-state index in [9.17, 15) is 4.79 Å². The Balaban J connectivity index is 1.39. The molecule has 0 bridgehead atoms. The zero-order valence-electron chi connectivity index (χ0n) is 15.6. The van der Waals surface area contributed by atoms with Gasteiger partial charge in [-0.2, -0.15) is 0 Å². The van der Waals surface area contributed by atoms with E-state index in [1.54, 1.807) is 0 Å². The van der Waals surface area contributed by atoms with E-state index in [0.29, 0.717) is 29.0 Å². The van der Waals surface area contributed by atoms with E-state index < -0.39 is 0 Å². The first-order valence-corrected chi connectivity index (χ1v) is 10.3. The molecule has 0 aliphatic carbocycles. The second kappa shape index (κ2) is 8.71. The summed E-state index contributed by atoms with van der Waals surface area (Å²) >= 11 is 7.61. The highest BCUT2D eigenvalue weighted by Crippen LogP contribution is 2.32. The number of nitrogens with zero attached hydrogens (tertiary/aromatic N) is 2. The number of nitrogens with one attached hydrogen (secondary N) is 1. The third-order valence-corrected chi connectivity index (χ3v) is 5.52. The minimum Gasteiger partial charge on any atom is -0.454 e. The summed E-state index contributed by atoms with van der Waals surface area (Å²) in [6.07, 6.45) is 1.46. The lowest BCUT2D eigenvalue weighted by Crippen LogP contribution is -2.24. The molecule has 1 N–H and O–H groups in total. The number of amides is 1. The SMILES string of the molecule is Cc1ccc(CSc2ncc(Cl)c(C(=O)NCc3ccc4c(c3)OCO4)n2)cc1. The third kappa shape index (κ3) is 4.81. The van der Waals surface area contributed by atoms with Crippen molar-refractivity contribution in [2.75, 3.05) is 6.79 Å². The van der Waals surface area contributed by atoms with E-state index in [2.05, 4.69) is 39.6 Å². The fourth-order valence-corrected chi connectivity index (χ4v) is 3.68. The van der Waals surface area contributed by atoms with Crippen LogP contribution in [0.25, 0.3) is 0 Å². The Morgan fingerprint density at radius 1 is 1.14 bits per heavy atom. The number of hydrogen-bond donors (Lipinski definition) is 1. The van der Waals surface area contributed by atoms with Crippen LogP contribution in [0, 0.1) is 6.92 Å². The van der Waals surface area contributed by atoms with Gasteiger partial charge in [0, 0.05) is 12.3 Å². The van der Waals surface area contributed by atoms with Gasteiger partial charge in [0.2, 0.25) is 6.79 Å². The molecule has 0 fully saturated rings. The first-order chi connectivity index (χ1) is 14.1. The summed E-state index contributed by atoms with van der Waals surface area (Å²) in [5, 5.41) is 3.55. The zero-order valence-corrected chi connectivity index (χ0v) is 17.2. The predicted molar refractivity (Wildman–Crippen MR) is 112 cm³/mol.